The summed E-state index contributed by atoms with van der Waals surface area (Å²) in [7, 11) is 0. The third-order valence-electron chi connectivity index (χ3n) is 3.49. The Hall–Kier alpha value is -3.49. The fourth-order valence-corrected chi connectivity index (χ4v) is 2.52. The van der Waals surface area contributed by atoms with Crippen molar-refractivity contribution in [2.45, 2.75) is 6.92 Å². The molecule has 0 radical (unpaired) electrons. The number of aryl methyl sites for hydroxylation is 1. The summed E-state index contributed by atoms with van der Waals surface area (Å²) < 4.78 is 15.0. The lowest BCUT2D eigenvalue weighted by Gasteiger charge is -2.11. The van der Waals surface area contributed by atoms with E-state index in [2.05, 4.69) is 15.4 Å². The zero-order chi connectivity index (χ0) is 18.1. The predicted octanol–water partition coefficient (Wildman–Crippen LogP) is 1.36. The van der Waals surface area contributed by atoms with Crippen LogP contribution in [-0.2, 0) is 4.79 Å². The molecule has 3 N–H and O–H groups in total. The van der Waals surface area contributed by atoms with Gasteiger partial charge in [-0.3, -0.25) is 9.59 Å². The highest BCUT2D eigenvalue weighted by Gasteiger charge is 2.21. The topological polar surface area (TPSA) is 117 Å². The molecular formula is C16H13FN4O4. The summed E-state index contributed by atoms with van der Waals surface area (Å²) in [6.45, 7) is 1.11. The first kappa shape index (κ1) is 16.4. The minimum atomic E-state index is -1.22. The highest BCUT2D eigenvalue weighted by molar-refractivity contribution is 6.04. The summed E-state index contributed by atoms with van der Waals surface area (Å²) in [6, 6.07) is 5.58. The summed E-state index contributed by atoms with van der Waals surface area (Å²) in [6.07, 6.45) is 1.18. The van der Waals surface area contributed by atoms with Crippen LogP contribution in [0.4, 0.5) is 4.39 Å². The lowest BCUT2D eigenvalue weighted by atomic mass is 10.1. The molecule has 2 aromatic heterocycles. The van der Waals surface area contributed by atoms with Gasteiger partial charge in [0.2, 0.25) is 0 Å². The van der Waals surface area contributed by atoms with Crippen LogP contribution in [0.5, 0.6) is 5.75 Å². The van der Waals surface area contributed by atoms with E-state index in [9.17, 15) is 19.1 Å². The second kappa shape index (κ2) is 6.19. The Kier molecular flexibility index (Phi) is 4.05. The van der Waals surface area contributed by atoms with E-state index in [4.69, 9.17) is 5.11 Å². The van der Waals surface area contributed by atoms with Crippen LogP contribution < -0.4 is 5.32 Å². The van der Waals surface area contributed by atoms with Gasteiger partial charge in [-0.2, -0.15) is 5.10 Å². The number of carboxylic acid groups (broad SMARTS) is 1. The highest BCUT2D eigenvalue weighted by Crippen LogP contribution is 2.30. The first-order chi connectivity index (χ1) is 11.9. The van der Waals surface area contributed by atoms with E-state index < -0.39 is 30.0 Å². The molecule has 0 unspecified atom stereocenters. The number of halogens is 1. The van der Waals surface area contributed by atoms with Gasteiger partial charge in [0.1, 0.15) is 30.0 Å². The maximum absolute atomic E-state index is 13.7. The molecule has 0 aliphatic heterocycles. The molecule has 0 spiro atoms. The third kappa shape index (κ3) is 3.11. The summed E-state index contributed by atoms with van der Waals surface area (Å²) in [5.74, 6) is -2.90. The molecule has 2 heterocycles. The first-order valence-electron chi connectivity index (χ1n) is 7.20. The van der Waals surface area contributed by atoms with Crippen molar-refractivity contribution in [3.63, 3.8) is 0 Å². The minimum absolute atomic E-state index is 0.0276. The number of nitrogens with one attached hydrogen (secondary N) is 1. The average Bonchev–Trinajstić information content (AvgIpc) is 2.99. The van der Waals surface area contributed by atoms with E-state index in [1.54, 1.807) is 13.0 Å². The number of amides is 1. The van der Waals surface area contributed by atoms with Crippen molar-refractivity contribution in [3.8, 4) is 17.0 Å². The number of hydrogen-bond donors (Lipinski definition) is 3. The van der Waals surface area contributed by atoms with Gasteiger partial charge in [-0.15, -0.1) is 0 Å². The van der Waals surface area contributed by atoms with Gasteiger partial charge in [0, 0.05) is 11.6 Å². The second-order valence-corrected chi connectivity index (χ2v) is 5.38. The van der Waals surface area contributed by atoms with Gasteiger partial charge in [-0.25, -0.2) is 13.9 Å². The Morgan fingerprint density at radius 2 is 2.04 bits per heavy atom. The molecule has 128 valence electrons. The molecule has 1 amide bonds. The van der Waals surface area contributed by atoms with E-state index in [1.807, 2.05) is 0 Å². The summed E-state index contributed by atoms with van der Waals surface area (Å²) in [4.78, 5) is 26.7. The molecule has 3 rings (SSSR count). The van der Waals surface area contributed by atoms with Crippen molar-refractivity contribution in [2.75, 3.05) is 6.54 Å². The number of benzene rings is 1. The van der Waals surface area contributed by atoms with E-state index >= 15 is 0 Å². The number of aromatic hydroxyl groups is 1. The van der Waals surface area contributed by atoms with Gasteiger partial charge < -0.3 is 15.5 Å². The molecule has 25 heavy (non-hydrogen) atoms. The Balaban J connectivity index is 2.15. The van der Waals surface area contributed by atoms with Gasteiger partial charge >= 0.3 is 5.97 Å². The smallest absolute Gasteiger partial charge is 0.322 e. The van der Waals surface area contributed by atoms with Crippen molar-refractivity contribution in [3.05, 3.63) is 47.5 Å². The molecule has 0 atom stereocenters. The number of fused-ring (bicyclic) bond motifs is 1. The van der Waals surface area contributed by atoms with Gasteiger partial charge in [0.25, 0.3) is 5.91 Å². The van der Waals surface area contributed by atoms with Gasteiger partial charge in [-0.1, -0.05) is 0 Å². The molecule has 1 aromatic carbocycles. The van der Waals surface area contributed by atoms with Crippen LogP contribution in [0.2, 0.25) is 0 Å². The Bertz CT molecular complexity index is 979. The molecular weight excluding hydrogens is 331 g/mol. The number of aliphatic carboxylic acids is 1. The van der Waals surface area contributed by atoms with Crippen LogP contribution in [0.3, 0.4) is 0 Å². The largest absolute Gasteiger partial charge is 0.507 e. The van der Waals surface area contributed by atoms with Gasteiger partial charge in [0.05, 0.1) is 5.69 Å². The van der Waals surface area contributed by atoms with Crippen molar-refractivity contribution in [2.24, 2.45) is 0 Å². The van der Waals surface area contributed by atoms with Gasteiger partial charge in [-0.05, 0) is 30.7 Å². The van der Waals surface area contributed by atoms with E-state index in [0.717, 1.165) is 0 Å². The Morgan fingerprint density at radius 1 is 1.28 bits per heavy atom. The standard InChI is InChI=1S/C16H13FN4O4/c1-8-2-9(4-10(17)3-8)11-5-12(22)14(15-19-7-20-21(11)15)16(25)18-6-13(23)24/h2-5,7,22H,6H2,1H3,(H,18,25)(H,23,24). The Morgan fingerprint density at radius 3 is 2.72 bits per heavy atom. The van der Waals surface area contributed by atoms with E-state index in [0.29, 0.717) is 16.8 Å². The van der Waals surface area contributed by atoms with Crippen molar-refractivity contribution in [1.82, 2.24) is 19.9 Å². The monoisotopic (exact) mass is 344 g/mol. The van der Waals surface area contributed by atoms with Crippen molar-refractivity contribution in [1.29, 1.82) is 0 Å². The molecule has 9 heteroatoms. The molecule has 8 nitrogen and oxygen atoms in total. The first-order valence-corrected chi connectivity index (χ1v) is 7.20. The summed E-state index contributed by atoms with van der Waals surface area (Å²) >= 11 is 0. The number of rotatable bonds is 4. The lowest BCUT2D eigenvalue weighted by molar-refractivity contribution is -0.135. The Labute approximate surface area is 140 Å². The zero-order valence-corrected chi connectivity index (χ0v) is 13.0. The number of carbonyl (C=O) groups excluding carboxylic acids is 1. The number of aromatic nitrogens is 3. The van der Waals surface area contributed by atoms with Gasteiger partial charge in [0.15, 0.2) is 5.65 Å². The van der Waals surface area contributed by atoms with E-state index in [-0.39, 0.29) is 11.2 Å². The number of pyridine rings is 1. The molecule has 0 saturated heterocycles. The number of carboxylic acids is 1. The van der Waals surface area contributed by atoms with Crippen molar-refractivity contribution >= 4 is 17.5 Å². The van der Waals surface area contributed by atoms with Crippen LogP contribution in [0.1, 0.15) is 15.9 Å². The average molecular weight is 344 g/mol. The van der Waals surface area contributed by atoms with Crippen LogP contribution >= 0.6 is 0 Å². The minimum Gasteiger partial charge on any atom is -0.507 e. The summed E-state index contributed by atoms with van der Waals surface area (Å²) in [5.41, 5.74) is 1.27. The highest BCUT2D eigenvalue weighted by atomic mass is 19.1. The van der Waals surface area contributed by atoms with Crippen LogP contribution in [0, 0.1) is 12.7 Å². The maximum atomic E-state index is 13.7. The fraction of sp³-hybridized carbons (Fsp3) is 0.125. The quantitative estimate of drug-likeness (QED) is 0.658. The predicted molar refractivity (Wildman–Crippen MR) is 84.8 cm³/mol. The molecule has 0 aliphatic rings. The second-order valence-electron chi connectivity index (χ2n) is 5.38. The molecule has 0 bridgehead atoms. The van der Waals surface area contributed by atoms with Crippen LogP contribution in [0.15, 0.2) is 30.6 Å². The number of carbonyl (C=O) groups is 2. The normalized spacial score (nSPS) is 10.8. The molecule has 0 saturated carbocycles. The number of nitrogens with zero attached hydrogens (tertiary/aromatic N) is 3. The van der Waals surface area contributed by atoms with Crippen LogP contribution in [-0.4, -0.2) is 43.2 Å². The summed E-state index contributed by atoms with van der Waals surface area (Å²) in [5, 5.41) is 25.1. The molecule has 3 aromatic rings. The van der Waals surface area contributed by atoms with E-state index in [1.165, 1.54) is 29.0 Å². The zero-order valence-electron chi connectivity index (χ0n) is 13.0. The maximum Gasteiger partial charge on any atom is 0.322 e. The third-order valence-corrected chi connectivity index (χ3v) is 3.49. The van der Waals surface area contributed by atoms with Crippen LogP contribution in [0.25, 0.3) is 16.9 Å². The fourth-order valence-electron chi connectivity index (χ4n) is 2.52. The SMILES string of the molecule is Cc1cc(F)cc(-c2cc(O)c(C(=O)NCC(=O)O)c3ncnn23)c1. The van der Waals surface area contributed by atoms with Crippen molar-refractivity contribution < 1.29 is 24.2 Å². The lowest BCUT2D eigenvalue weighted by Crippen LogP contribution is -2.29. The molecule has 0 aliphatic carbocycles. The molecule has 0 fully saturated rings. The number of hydrogen-bond acceptors (Lipinski definition) is 5.